The number of anilines is 1. The van der Waals surface area contributed by atoms with Crippen LogP contribution in [0.2, 0.25) is 0 Å². The second-order valence-electron chi connectivity index (χ2n) is 7.88. The smallest absolute Gasteiger partial charge is 0.277 e. The highest BCUT2D eigenvalue weighted by Gasteiger charge is 2.16. The number of rotatable bonds is 8. The fraction of sp³-hybridized carbons (Fsp3) is 0.391. The Kier molecular flexibility index (Phi) is 6.76. The summed E-state index contributed by atoms with van der Waals surface area (Å²) in [4.78, 5) is 24.7. The van der Waals surface area contributed by atoms with Crippen molar-refractivity contribution in [2.24, 2.45) is 5.92 Å². The van der Waals surface area contributed by atoms with Gasteiger partial charge in [-0.15, -0.1) is 0 Å². The molecule has 1 aliphatic rings. The van der Waals surface area contributed by atoms with E-state index in [2.05, 4.69) is 20.6 Å². The molecule has 2 N–H and O–H groups in total. The SMILES string of the molecule is O=C(Nc1cc(CC2CCCCC2)[nH]n1)c1ccc(=O)n(CCOc2ccccc2)n1. The zero-order chi connectivity index (χ0) is 21.5. The van der Waals surface area contributed by atoms with E-state index >= 15 is 0 Å². The summed E-state index contributed by atoms with van der Waals surface area (Å²) >= 11 is 0. The van der Waals surface area contributed by atoms with Crippen LogP contribution in [0.1, 0.15) is 48.3 Å². The average Bonchev–Trinajstić information content (AvgIpc) is 3.23. The molecule has 31 heavy (non-hydrogen) atoms. The molecule has 8 nitrogen and oxygen atoms in total. The quantitative estimate of drug-likeness (QED) is 0.580. The van der Waals surface area contributed by atoms with E-state index in [9.17, 15) is 9.59 Å². The fourth-order valence-corrected chi connectivity index (χ4v) is 3.91. The molecule has 3 aromatic rings. The number of para-hydroxylation sites is 1. The molecule has 8 heteroatoms. The van der Waals surface area contributed by atoms with Crippen LogP contribution in [0, 0.1) is 5.92 Å². The van der Waals surface area contributed by atoms with E-state index in [4.69, 9.17) is 4.74 Å². The number of amides is 1. The molecule has 0 atom stereocenters. The molecule has 0 unspecified atom stereocenters. The van der Waals surface area contributed by atoms with Crippen LogP contribution in [0.5, 0.6) is 5.75 Å². The zero-order valence-electron chi connectivity index (χ0n) is 17.4. The lowest BCUT2D eigenvalue weighted by Crippen LogP contribution is -2.28. The molecule has 0 bridgehead atoms. The molecule has 162 valence electrons. The van der Waals surface area contributed by atoms with E-state index in [-0.39, 0.29) is 24.4 Å². The molecule has 1 aliphatic carbocycles. The zero-order valence-corrected chi connectivity index (χ0v) is 17.4. The number of nitrogens with zero attached hydrogens (tertiary/aromatic N) is 3. The van der Waals surface area contributed by atoms with Crippen molar-refractivity contribution < 1.29 is 9.53 Å². The van der Waals surface area contributed by atoms with Gasteiger partial charge in [-0.3, -0.25) is 14.7 Å². The monoisotopic (exact) mass is 421 g/mol. The Labute approximate surface area is 180 Å². The predicted octanol–water partition coefficient (Wildman–Crippen LogP) is 3.42. The molecular formula is C23H27N5O3. The number of hydrogen-bond acceptors (Lipinski definition) is 5. The lowest BCUT2D eigenvalue weighted by molar-refractivity contribution is 0.101. The first-order valence-electron chi connectivity index (χ1n) is 10.8. The summed E-state index contributed by atoms with van der Waals surface area (Å²) in [5.74, 6) is 1.45. The highest BCUT2D eigenvalue weighted by atomic mass is 16.5. The third-order valence-corrected chi connectivity index (χ3v) is 5.52. The molecule has 0 saturated heterocycles. The van der Waals surface area contributed by atoms with Gasteiger partial charge in [0.1, 0.15) is 18.1 Å². The lowest BCUT2D eigenvalue weighted by Gasteiger charge is -2.20. The van der Waals surface area contributed by atoms with Gasteiger partial charge in [0.05, 0.1) is 6.54 Å². The molecule has 0 spiro atoms. The molecule has 1 amide bonds. The summed E-state index contributed by atoms with van der Waals surface area (Å²) in [6.45, 7) is 0.509. The minimum absolute atomic E-state index is 0.149. The van der Waals surface area contributed by atoms with Crippen molar-refractivity contribution in [2.75, 3.05) is 11.9 Å². The standard InChI is InChI=1S/C23H27N5O3/c29-22-12-11-20(27-28(22)13-14-31-19-9-5-2-6-10-19)23(30)24-21-16-18(25-26-21)15-17-7-3-1-4-8-17/h2,5-6,9-12,16-17H,1,3-4,7-8,13-15H2,(H2,24,25,26,30). The maximum Gasteiger partial charge on any atom is 0.277 e. The first-order chi connectivity index (χ1) is 15.2. The van der Waals surface area contributed by atoms with E-state index in [1.807, 2.05) is 36.4 Å². The molecule has 2 aromatic heterocycles. The number of hydrogen-bond donors (Lipinski definition) is 2. The van der Waals surface area contributed by atoms with Gasteiger partial charge in [0, 0.05) is 17.8 Å². The number of carbonyl (C=O) groups is 1. The molecule has 2 heterocycles. The van der Waals surface area contributed by atoms with Crippen molar-refractivity contribution in [3.8, 4) is 5.75 Å². The van der Waals surface area contributed by atoms with Gasteiger partial charge >= 0.3 is 0 Å². The second-order valence-corrected chi connectivity index (χ2v) is 7.88. The third-order valence-electron chi connectivity index (χ3n) is 5.52. The summed E-state index contributed by atoms with van der Waals surface area (Å²) in [5, 5.41) is 14.1. The maximum atomic E-state index is 12.6. The largest absolute Gasteiger partial charge is 0.492 e. The van der Waals surface area contributed by atoms with Gasteiger partial charge in [0.2, 0.25) is 0 Å². The molecule has 1 fully saturated rings. The summed E-state index contributed by atoms with van der Waals surface area (Å²) < 4.78 is 6.84. The fourth-order valence-electron chi connectivity index (χ4n) is 3.91. The van der Waals surface area contributed by atoms with Crippen molar-refractivity contribution in [1.82, 2.24) is 20.0 Å². The van der Waals surface area contributed by atoms with Gasteiger partial charge in [0.25, 0.3) is 11.5 Å². The van der Waals surface area contributed by atoms with Crippen LogP contribution in [-0.4, -0.2) is 32.5 Å². The van der Waals surface area contributed by atoms with Gasteiger partial charge in [-0.25, -0.2) is 4.68 Å². The van der Waals surface area contributed by atoms with Gasteiger partial charge in [-0.1, -0.05) is 50.3 Å². The summed E-state index contributed by atoms with van der Waals surface area (Å²) in [6.07, 6.45) is 7.36. The summed E-state index contributed by atoms with van der Waals surface area (Å²) in [6, 6.07) is 14.0. The van der Waals surface area contributed by atoms with Crippen LogP contribution < -0.4 is 15.6 Å². The Hall–Kier alpha value is -3.42. The minimum atomic E-state index is -0.409. The van der Waals surface area contributed by atoms with E-state index < -0.39 is 5.91 Å². The number of aromatic amines is 1. The van der Waals surface area contributed by atoms with Gasteiger partial charge in [-0.05, 0) is 30.5 Å². The number of nitrogens with one attached hydrogen (secondary N) is 2. The average molecular weight is 422 g/mol. The number of aromatic nitrogens is 4. The van der Waals surface area contributed by atoms with Gasteiger partial charge in [-0.2, -0.15) is 10.2 Å². The topological polar surface area (TPSA) is 102 Å². The van der Waals surface area contributed by atoms with Crippen molar-refractivity contribution in [2.45, 2.75) is 45.1 Å². The third kappa shape index (κ3) is 5.81. The molecule has 1 aromatic carbocycles. The van der Waals surface area contributed by atoms with Crippen LogP contribution in [0.3, 0.4) is 0 Å². The Balaban J connectivity index is 1.34. The summed E-state index contributed by atoms with van der Waals surface area (Å²) in [5.41, 5.74) is 0.886. The molecule has 0 aliphatic heterocycles. The second kappa shape index (κ2) is 10.1. The van der Waals surface area contributed by atoms with Crippen LogP contribution in [-0.2, 0) is 13.0 Å². The lowest BCUT2D eigenvalue weighted by atomic mass is 9.86. The number of benzene rings is 1. The summed E-state index contributed by atoms with van der Waals surface area (Å²) in [7, 11) is 0. The maximum absolute atomic E-state index is 12.6. The Morgan fingerprint density at radius 3 is 2.74 bits per heavy atom. The minimum Gasteiger partial charge on any atom is -0.492 e. The normalized spacial score (nSPS) is 14.3. The Morgan fingerprint density at radius 1 is 1.13 bits per heavy atom. The van der Waals surface area contributed by atoms with Crippen molar-refractivity contribution >= 4 is 11.7 Å². The molecule has 1 saturated carbocycles. The van der Waals surface area contributed by atoms with Crippen molar-refractivity contribution in [3.05, 3.63) is 70.3 Å². The van der Waals surface area contributed by atoms with E-state index in [0.717, 1.165) is 12.1 Å². The van der Waals surface area contributed by atoms with Crippen molar-refractivity contribution in [3.63, 3.8) is 0 Å². The number of carbonyl (C=O) groups excluding carboxylic acids is 1. The van der Waals surface area contributed by atoms with Crippen molar-refractivity contribution in [1.29, 1.82) is 0 Å². The molecule has 4 rings (SSSR count). The van der Waals surface area contributed by atoms with Crippen LogP contribution >= 0.6 is 0 Å². The first kappa shape index (κ1) is 20.8. The van der Waals surface area contributed by atoms with E-state index in [0.29, 0.717) is 17.5 Å². The van der Waals surface area contributed by atoms with Gasteiger partial charge < -0.3 is 10.1 Å². The van der Waals surface area contributed by atoms with Crippen LogP contribution in [0.15, 0.2) is 53.3 Å². The predicted molar refractivity (Wildman–Crippen MR) is 117 cm³/mol. The molecular weight excluding hydrogens is 394 g/mol. The first-order valence-corrected chi connectivity index (χ1v) is 10.8. The highest BCUT2D eigenvalue weighted by Crippen LogP contribution is 2.26. The molecule has 0 radical (unpaired) electrons. The van der Waals surface area contributed by atoms with E-state index in [1.54, 1.807) is 0 Å². The Bertz CT molecular complexity index is 1050. The number of ether oxygens (including phenoxy) is 1. The number of H-pyrrole nitrogens is 1. The van der Waals surface area contributed by atoms with Gasteiger partial charge in [0.15, 0.2) is 5.82 Å². The van der Waals surface area contributed by atoms with Crippen LogP contribution in [0.4, 0.5) is 5.82 Å². The van der Waals surface area contributed by atoms with Crippen LogP contribution in [0.25, 0.3) is 0 Å². The Morgan fingerprint density at radius 2 is 1.94 bits per heavy atom. The van der Waals surface area contributed by atoms with E-state index in [1.165, 1.54) is 48.9 Å². The highest BCUT2D eigenvalue weighted by molar-refractivity contribution is 6.02.